The van der Waals surface area contributed by atoms with Crippen molar-refractivity contribution in [3.8, 4) is 22.8 Å². The molecule has 0 radical (unpaired) electrons. The Balaban J connectivity index is 1.31. The van der Waals surface area contributed by atoms with E-state index >= 15 is 0 Å². The highest BCUT2D eigenvalue weighted by Gasteiger charge is 2.10. The van der Waals surface area contributed by atoms with E-state index in [1.165, 1.54) is 0 Å². The van der Waals surface area contributed by atoms with Crippen LogP contribution < -0.4 is 14.9 Å². The van der Waals surface area contributed by atoms with Crippen LogP contribution in [0.1, 0.15) is 28.5 Å². The molecule has 3 aromatic carbocycles. The van der Waals surface area contributed by atoms with Gasteiger partial charge in [0.05, 0.1) is 18.5 Å². The first kappa shape index (κ1) is 21.8. The van der Waals surface area contributed by atoms with Crippen molar-refractivity contribution in [3.05, 3.63) is 102 Å². The van der Waals surface area contributed by atoms with Gasteiger partial charge in [0.2, 0.25) is 0 Å². The fourth-order valence-corrected chi connectivity index (χ4v) is 3.09. The van der Waals surface area contributed by atoms with Crippen LogP contribution in [0.3, 0.4) is 0 Å². The lowest BCUT2D eigenvalue weighted by Crippen LogP contribution is -2.17. The molecule has 0 aliphatic heterocycles. The number of nitrogens with one attached hydrogen (secondary N) is 2. The fraction of sp³-hybridized carbons (Fsp3) is 0.115. The molecule has 0 unspecified atom stereocenters. The van der Waals surface area contributed by atoms with Crippen molar-refractivity contribution in [1.82, 2.24) is 15.6 Å². The van der Waals surface area contributed by atoms with Gasteiger partial charge in [0.15, 0.2) is 0 Å². The third kappa shape index (κ3) is 6.07. The van der Waals surface area contributed by atoms with Crippen LogP contribution in [-0.4, -0.2) is 28.9 Å². The molecule has 0 bridgehead atoms. The number of aromatic nitrogens is 2. The van der Waals surface area contributed by atoms with Crippen LogP contribution in [0.25, 0.3) is 11.3 Å². The Morgan fingerprint density at radius 1 is 0.970 bits per heavy atom. The van der Waals surface area contributed by atoms with Crippen molar-refractivity contribution in [1.29, 1.82) is 0 Å². The van der Waals surface area contributed by atoms with Gasteiger partial charge in [-0.25, -0.2) is 5.43 Å². The summed E-state index contributed by atoms with van der Waals surface area (Å²) in [6, 6.07) is 26.7. The molecular weight excluding hydrogens is 416 g/mol. The number of aromatic amines is 1. The minimum absolute atomic E-state index is 0.318. The zero-order valence-corrected chi connectivity index (χ0v) is 18.2. The van der Waals surface area contributed by atoms with E-state index in [2.05, 4.69) is 20.7 Å². The van der Waals surface area contributed by atoms with Gasteiger partial charge in [-0.3, -0.25) is 9.89 Å². The van der Waals surface area contributed by atoms with E-state index in [0.717, 1.165) is 28.2 Å². The zero-order chi connectivity index (χ0) is 22.9. The van der Waals surface area contributed by atoms with Gasteiger partial charge in [-0.1, -0.05) is 30.3 Å². The standard InChI is InChI=1S/C26H24N4O3/c1-2-32-22-12-8-19(9-13-22)17-27-30-26(31)25-16-24(28-29-25)21-10-14-23(15-11-21)33-18-20-6-4-3-5-7-20/h3-17H,2,18H2,1H3,(H,28,29)(H,30,31). The molecule has 4 aromatic rings. The monoisotopic (exact) mass is 440 g/mol. The van der Waals surface area contributed by atoms with Gasteiger partial charge in [-0.15, -0.1) is 0 Å². The van der Waals surface area contributed by atoms with Crippen LogP contribution in [0.5, 0.6) is 11.5 Å². The second kappa shape index (κ2) is 10.8. The summed E-state index contributed by atoms with van der Waals surface area (Å²) in [5.41, 5.74) is 6.30. The van der Waals surface area contributed by atoms with E-state index in [1.807, 2.05) is 85.8 Å². The smallest absolute Gasteiger partial charge is 0.289 e. The highest BCUT2D eigenvalue weighted by atomic mass is 16.5. The van der Waals surface area contributed by atoms with E-state index in [-0.39, 0.29) is 5.91 Å². The molecule has 0 saturated heterocycles. The predicted octanol–water partition coefficient (Wildman–Crippen LogP) is 4.82. The molecule has 2 N–H and O–H groups in total. The Kier molecular flexibility index (Phi) is 7.12. The summed E-state index contributed by atoms with van der Waals surface area (Å²) in [6.45, 7) is 3.05. The minimum atomic E-state index is -0.376. The molecule has 0 atom stereocenters. The molecule has 1 aromatic heterocycles. The number of rotatable bonds is 9. The van der Waals surface area contributed by atoms with Crippen molar-refractivity contribution in [2.24, 2.45) is 5.10 Å². The van der Waals surface area contributed by atoms with Crippen LogP contribution >= 0.6 is 0 Å². The molecule has 4 rings (SSSR count). The number of hydrogen-bond donors (Lipinski definition) is 2. The Hall–Kier alpha value is -4.39. The van der Waals surface area contributed by atoms with Crippen molar-refractivity contribution < 1.29 is 14.3 Å². The lowest BCUT2D eigenvalue weighted by Gasteiger charge is -2.06. The van der Waals surface area contributed by atoms with Crippen LogP contribution in [0, 0.1) is 0 Å². The van der Waals surface area contributed by atoms with Crippen molar-refractivity contribution in [2.75, 3.05) is 6.61 Å². The van der Waals surface area contributed by atoms with E-state index < -0.39 is 0 Å². The van der Waals surface area contributed by atoms with Gasteiger partial charge in [0.1, 0.15) is 23.8 Å². The Bertz CT molecular complexity index is 1200. The van der Waals surface area contributed by atoms with Crippen LogP contribution in [0.4, 0.5) is 0 Å². The van der Waals surface area contributed by atoms with Gasteiger partial charge in [0, 0.05) is 5.56 Å². The Labute approximate surface area is 192 Å². The Morgan fingerprint density at radius 2 is 1.67 bits per heavy atom. The second-order valence-corrected chi connectivity index (χ2v) is 7.17. The third-order valence-corrected chi connectivity index (χ3v) is 4.79. The summed E-state index contributed by atoms with van der Waals surface area (Å²) in [5.74, 6) is 1.18. The molecule has 166 valence electrons. The molecule has 0 aliphatic rings. The van der Waals surface area contributed by atoms with Crippen molar-refractivity contribution in [3.63, 3.8) is 0 Å². The van der Waals surface area contributed by atoms with Gasteiger partial charge < -0.3 is 9.47 Å². The first-order valence-electron chi connectivity index (χ1n) is 10.6. The lowest BCUT2D eigenvalue weighted by molar-refractivity contribution is 0.0950. The maximum atomic E-state index is 12.4. The number of hydrazone groups is 1. The third-order valence-electron chi connectivity index (χ3n) is 4.79. The topological polar surface area (TPSA) is 88.6 Å². The number of benzene rings is 3. The maximum Gasteiger partial charge on any atom is 0.289 e. The first-order chi connectivity index (χ1) is 16.2. The molecule has 0 fully saturated rings. The van der Waals surface area contributed by atoms with E-state index in [9.17, 15) is 4.79 Å². The van der Waals surface area contributed by atoms with Crippen LogP contribution in [-0.2, 0) is 6.61 Å². The maximum absolute atomic E-state index is 12.4. The van der Waals surface area contributed by atoms with Crippen LogP contribution in [0.2, 0.25) is 0 Å². The van der Waals surface area contributed by atoms with Gasteiger partial charge in [-0.05, 0) is 72.6 Å². The molecule has 1 heterocycles. The summed E-state index contributed by atoms with van der Waals surface area (Å²) in [6.07, 6.45) is 1.57. The summed E-state index contributed by atoms with van der Waals surface area (Å²) in [4.78, 5) is 12.4. The van der Waals surface area contributed by atoms with E-state index in [0.29, 0.717) is 24.6 Å². The molecular formula is C26H24N4O3. The molecule has 0 aliphatic carbocycles. The van der Waals surface area contributed by atoms with Crippen LogP contribution in [0.15, 0.2) is 90.0 Å². The zero-order valence-electron chi connectivity index (χ0n) is 18.2. The average molecular weight is 441 g/mol. The number of carbonyl (C=O) groups is 1. The summed E-state index contributed by atoms with van der Waals surface area (Å²) in [7, 11) is 0. The average Bonchev–Trinajstić information content (AvgIpc) is 3.35. The molecule has 0 saturated carbocycles. The number of ether oxygens (including phenoxy) is 2. The number of H-pyrrole nitrogens is 1. The molecule has 0 spiro atoms. The fourth-order valence-electron chi connectivity index (χ4n) is 3.09. The highest BCUT2D eigenvalue weighted by molar-refractivity contribution is 5.94. The number of amides is 1. The largest absolute Gasteiger partial charge is 0.494 e. The lowest BCUT2D eigenvalue weighted by atomic mass is 10.1. The second-order valence-electron chi connectivity index (χ2n) is 7.17. The van der Waals surface area contributed by atoms with Gasteiger partial charge >= 0.3 is 0 Å². The summed E-state index contributed by atoms with van der Waals surface area (Å²) < 4.78 is 11.2. The van der Waals surface area contributed by atoms with Gasteiger partial charge in [-0.2, -0.15) is 10.2 Å². The number of hydrogen-bond acceptors (Lipinski definition) is 5. The van der Waals surface area contributed by atoms with Crippen molar-refractivity contribution >= 4 is 12.1 Å². The minimum Gasteiger partial charge on any atom is -0.494 e. The molecule has 33 heavy (non-hydrogen) atoms. The van der Waals surface area contributed by atoms with E-state index in [4.69, 9.17) is 9.47 Å². The number of nitrogens with zero attached hydrogens (tertiary/aromatic N) is 2. The summed E-state index contributed by atoms with van der Waals surface area (Å²) >= 11 is 0. The first-order valence-corrected chi connectivity index (χ1v) is 10.6. The van der Waals surface area contributed by atoms with E-state index in [1.54, 1.807) is 12.3 Å². The molecule has 7 nitrogen and oxygen atoms in total. The summed E-state index contributed by atoms with van der Waals surface area (Å²) in [5, 5.41) is 11.0. The number of carbonyl (C=O) groups excluding carboxylic acids is 1. The SMILES string of the molecule is CCOc1ccc(C=NNC(=O)c2cc(-c3ccc(OCc4ccccc4)cc3)n[nH]2)cc1. The predicted molar refractivity (Wildman–Crippen MR) is 127 cm³/mol. The quantitative estimate of drug-likeness (QED) is 0.289. The molecule has 1 amide bonds. The Morgan fingerprint density at radius 3 is 2.39 bits per heavy atom. The molecule has 7 heteroatoms. The van der Waals surface area contributed by atoms with Gasteiger partial charge in [0.25, 0.3) is 5.91 Å². The van der Waals surface area contributed by atoms with Crippen molar-refractivity contribution in [2.45, 2.75) is 13.5 Å². The normalized spacial score (nSPS) is 10.8. The highest BCUT2D eigenvalue weighted by Crippen LogP contribution is 2.22.